The monoisotopic (exact) mass is 262 g/mol. The number of fused-ring (bicyclic) bond motifs is 1. The molecule has 98 valence electrons. The van der Waals surface area contributed by atoms with Crippen LogP contribution in [0.5, 0.6) is 0 Å². The Morgan fingerprint density at radius 1 is 1.28 bits per heavy atom. The van der Waals surface area contributed by atoms with Crippen molar-refractivity contribution in [2.75, 3.05) is 24.6 Å². The first-order chi connectivity index (χ1) is 8.84. The Labute approximate surface area is 114 Å². The van der Waals surface area contributed by atoms with Crippen LogP contribution in [0.3, 0.4) is 0 Å². The van der Waals surface area contributed by atoms with Crippen molar-refractivity contribution >= 4 is 11.8 Å². The lowest BCUT2D eigenvalue weighted by atomic mass is 9.95. The fourth-order valence-electron chi connectivity index (χ4n) is 3.24. The highest BCUT2D eigenvalue weighted by Gasteiger charge is 2.39. The van der Waals surface area contributed by atoms with Gasteiger partial charge in [0.05, 0.1) is 0 Å². The van der Waals surface area contributed by atoms with Crippen molar-refractivity contribution in [1.29, 1.82) is 0 Å². The summed E-state index contributed by atoms with van der Waals surface area (Å²) in [5.41, 5.74) is 9.43. The molecule has 0 aromatic heterocycles. The number of nitrogens with two attached hydrogens (primary N) is 1. The van der Waals surface area contributed by atoms with Crippen molar-refractivity contribution in [3.05, 3.63) is 35.4 Å². The second-order valence-corrected chi connectivity index (χ2v) is 6.63. The Hall–Kier alpha value is -0.510. The zero-order chi connectivity index (χ0) is 12.4. The highest BCUT2D eigenvalue weighted by atomic mass is 32.2. The van der Waals surface area contributed by atoms with E-state index < -0.39 is 0 Å². The minimum atomic E-state index is 0.266. The number of hydrogen-bond acceptors (Lipinski definition) is 3. The molecule has 2 aliphatic rings. The fourth-order valence-corrected chi connectivity index (χ4v) is 4.73. The smallest absolute Gasteiger partial charge is 0.0433 e. The lowest BCUT2D eigenvalue weighted by Gasteiger charge is -2.39. The third-order valence-electron chi connectivity index (χ3n) is 4.49. The van der Waals surface area contributed by atoms with Crippen molar-refractivity contribution in [3.8, 4) is 0 Å². The third kappa shape index (κ3) is 2.20. The minimum absolute atomic E-state index is 0.266. The normalized spacial score (nSPS) is 28.9. The van der Waals surface area contributed by atoms with Gasteiger partial charge in [0, 0.05) is 24.4 Å². The summed E-state index contributed by atoms with van der Waals surface area (Å²) in [5, 5.41) is 0. The molecule has 0 amide bonds. The van der Waals surface area contributed by atoms with Crippen LogP contribution in [-0.2, 0) is 13.0 Å². The summed E-state index contributed by atoms with van der Waals surface area (Å²) in [6, 6.07) is 8.91. The average Bonchev–Trinajstić information content (AvgIpc) is 2.79. The van der Waals surface area contributed by atoms with E-state index in [0.29, 0.717) is 0 Å². The van der Waals surface area contributed by atoms with Crippen molar-refractivity contribution in [1.82, 2.24) is 4.90 Å². The molecule has 1 saturated heterocycles. The number of hydrogen-bond donors (Lipinski definition) is 1. The number of nitrogens with zero attached hydrogens (tertiary/aromatic N) is 1. The average molecular weight is 262 g/mol. The van der Waals surface area contributed by atoms with Crippen LogP contribution in [0.2, 0.25) is 0 Å². The van der Waals surface area contributed by atoms with E-state index in [0.717, 1.165) is 13.1 Å². The van der Waals surface area contributed by atoms with Crippen molar-refractivity contribution in [2.45, 2.75) is 31.3 Å². The maximum Gasteiger partial charge on any atom is 0.0433 e. The number of benzene rings is 1. The molecule has 1 fully saturated rings. The van der Waals surface area contributed by atoms with Crippen LogP contribution in [0.25, 0.3) is 0 Å². The van der Waals surface area contributed by atoms with Crippen LogP contribution < -0.4 is 5.73 Å². The summed E-state index contributed by atoms with van der Waals surface area (Å²) >= 11 is 2.07. The number of aryl methyl sites for hydroxylation is 1. The number of rotatable bonds is 2. The minimum Gasteiger partial charge on any atom is -0.329 e. The molecule has 1 unspecified atom stereocenters. The number of thioether (sulfide) groups is 1. The van der Waals surface area contributed by atoms with Gasteiger partial charge in [-0.2, -0.15) is 11.8 Å². The van der Waals surface area contributed by atoms with Gasteiger partial charge in [0.15, 0.2) is 0 Å². The van der Waals surface area contributed by atoms with E-state index in [9.17, 15) is 0 Å². The SMILES string of the molecule is NCC1(N2CCCc3ccccc3C2)CCSC1. The molecule has 0 spiro atoms. The first-order valence-corrected chi connectivity index (χ1v) is 8.09. The molecule has 1 atom stereocenters. The van der Waals surface area contributed by atoms with Gasteiger partial charge in [-0.25, -0.2) is 0 Å². The van der Waals surface area contributed by atoms with Gasteiger partial charge in [0.1, 0.15) is 0 Å². The van der Waals surface area contributed by atoms with Gasteiger partial charge in [-0.05, 0) is 42.7 Å². The highest BCUT2D eigenvalue weighted by molar-refractivity contribution is 7.99. The molecule has 0 radical (unpaired) electrons. The second kappa shape index (κ2) is 5.24. The Kier molecular flexibility index (Phi) is 3.64. The quantitative estimate of drug-likeness (QED) is 0.886. The van der Waals surface area contributed by atoms with E-state index in [1.165, 1.54) is 48.4 Å². The van der Waals surface area contributed by atoms with Gasteiger partial charge in [-0.3, -0.25) is 4.90 Å². The third-order valence-corrected chi connectivity index (χ3v) is 5.72. The predicted octanol–water partition coefficient (Wildman–Crippen LogP) is 2.27. The van der Waals surface area contributed by atoms with Crippen molar-refractivity contribution in [2.24, 2.45) is 5.73 Å². The van der Waals surface area contributed by atoms with Crippen LogP contribution in [0.15, 0.2) is 24.3 Å². The Bertz CT molecular complexity index is 413. The molecule has 0 bridgehead atoms. The Balaban J connectivity index is 1.86. The lowest BCUT2D eigenvalue weighted by molar-refractivity contribution is 0.110. The Morgan fingerprint density at radius 2 is 2.11 bits per heavy atom. The van der Waals surface area contributed by atoms with E-state index in [1.807, 2.05) is 0 Å². The highest BCUT2D eigenvalue weighted by Crippen LogP contribution is 2.35. The molecule has 3 rings (SSSR count). The summed E-state index contributed by atoms with van der Waals surface area (Å²) < 4.78 is 0. The first-order valence-electron chi connectivity index (χ1n) is 6.94. The molecule has 18 heavy (non-hydrogen) atoms. The topological polar surface area (TPSA) is 29.3 Å². The molecule has 2 nitrogen and oxygen atoms in total. The van der Waals surface area contributed by atoms with Crippen LogP contribution in [0, 0.1) is 0 Å². The molecule has 2 aliphatic heterocycles. The summed E-state index contributed by atoms with van der Waals surface area (Å²) in [5.74, 6) is 2.49. The maximum absolute atomic E-state index is 6.12. The van der Waals surface area contributed by atoms with Crippen molar-refractivity contribution < 1.29 is 0 Å². The van der Waals surface area contributed by atoms with E-state index in [2.05, 4.69) is 40.9 Å². The van der Waals surface area contributed by atoms with Crippen LogP contribution in [0.4, 0.5) is 0 Å². The van der Waals surface area contributed by atoms with Gasteiger partial charge in [-0.15, -0.1) is 0 Å². The summed E-state index contributed by atoms with van der Waals surface area (Å²) in [6.07, 6.45) is 3.75. The Morgan fingerprint density at radius 3 is 2.83 bits per heavy atom. The van der Waals surface area contributed by atoms with Gasteiger partial charge in [0.2, 0.25) is 0 Å². The molecule has 2 N–H and O–H groups in total. The van der Waals surface area contributed by atoms with Gasteiger partial charge in [0.25, 0.3) is 0 Å². The first kappa shape index (κ1) is 12.5. The molecule has 0 saturated carbocycles. The largest absolute Gasteiger partial charge is 0.329 e. The predicted molar refractivity (Wildman–Crippen MR) is 78.9 cm³/mol. The van der Waals surface area contributed by atoms with Crippen molar-refractivity contribution in [3.63, 3.8) is 0 Å². The maximum atomic E-state index is 6.12. The van der Waals surface area contributed by atoms with Crippen LogP contribution in [0.1, 0.15) is 24.0 Å². The van der Waals surface area contributed by atoms with E-state index >= 15 is 0 Å². The lowest BCUT2D eigenvalue weighted by Crippen LogP contribution is -2.53. The van der Waals surface area contributed by atoms with Gasteiger partial charge in [-0.1, -0.05) is 24.3 Å². The molecule has 2 heterocycles. The van der Waals surface area contributed by atoms with E-state index in [4.69, 9.17) is 5.73 Å². The zero-order valence-electron chi connectivity index (χ0n) is 10.9. The fraction of sp³-hybridized carbons (Fsp3) is 0.600. The zero-order valence-corrected chi connectivity index (χ0v) is 11.7. The molecular formula is C15H22N2S. The summed E-state index contributed by atoms with van der Waals surface area (Å²) in [7, 11) is 0. The molecular weight excluding hydrogens is 240 g/mol. The van der Waals surface area contributed by atoms with E-state index in [1.54, 1.807) is 0 Å². The summed E-state index contributed by atoms with van der Waals surface area (Å²) in [4.78, 5) is 2.67. The van der Waals surface area contributed by atoms with Crippen LogP contribution in [-0.4, -0.2) is 35.0 Å². The second-order valence-electron chi connectivity index (χ2n) is 5.52. The molecule has 1 aromatic carbocycles. The molecule has 0 aliphatic carbocycles. The van der Waals surface area contributed by atoms with Gasteiger partial charge < -0.3 is 5.73 Å². The van der Waals surface area contributed by atoms with Crippen LogP contribution >= 0.6 is 11.8 Å². The van der Waals surface area contributed by atoms with E-state index in [-0.39, 0.29) is 5.54 Å². The molecule has 1 aromatic rings. The molecule has 3 heteroatoms. The van der Waals surface area contributed by atoms with Gasteiger partial charge >= 0.3 is 0 Å². The standard InChI is InChI=1S/C15H22N2S/c16-11-15(7-9-18-12-15)17-8-3-6-13-4-1-2-5-14(13)10-17/h1-2,4-5H,3,6-12,16H2. The summed E-state index contributed by atoms with van der Waals surface area (Å²) in [6.45, 7) is 3.10.